The molecule has 5 nitrogen and oxygen atoms in total. The monoisotopic (exact) mass is 377 g/mol. The Labute approximate surface area is 155 Å². The SMILES string of the molecule is C/C=C/C(=O)O[C@@H]1[C@H](NS(=O)(=O)c2ccccc2)[C@H]2CC[C@]1(C)C2(C)C. The molecule has 26 heavy (non-hydrogen) atoms. The minimum atomic E-state index is -3.68. The van der Waals surface area contributed by atoms with Gasteiger partial charge in [0.05, 0.1) is 10.9 Å². The molecule has 1 N–H and O–H groups in total. The fourth-order valence-electron chi connectivity index (χ4n) is 4.80. The number of carbonyl (C=O) groups is 1. The predicted molar refractivity (Wildman–Crippen MR) is 99.9 cm³/mol. The zero-order chi connectivity index (χ0) is 19.2. The second-order valence-electron chi connectivity index (χ2n) is 8.10. The maximum atomic E-state index is 12.9. The molecule has 0 aromatic heterocycles. The third-order valence-electron chi connectivity index (χ3n) is 6.65. The summed E-state index contributed by atoms with van der Waals surface area (Å²) in [5, 5.41) is 0. The van der Waals surface area contributed by atoms with Gasteiger partial charge in [-0.2, -0.15) is 0 Å². The summed E-state index contributed by atoms with van der Waals surface area (Å²) in [4.78, 5) is 12.3. The molecule has 0 unspecified atom stereocenters. The molecule has 2 aliphatic carbocycles. The van der Waals surface area contributed by atoms with Crippen LogP contribution in [0.15, 0.2) is 47.4 Å². The Morgan fingerprint density at radius 3 is 2.50 bits per heavy atom. The molecule has 1 aromatic carbocycles. The lowest BCUT2D eigenvalue weighted by molar-refractivity contribution is -0.152. The fourth-order valence-corrected chi connectivity index (χ4v) is 6.10. The standard InChI is InChI=1S/C20H27NO4S/c1-5-9-16(22)25-18-17(15-12-13-20(18,4)19(15,2)3)21-26(23,24)14-10-7-6-8-11-14/h5-11,15,17-18,21H,12-13H2,1-4H3/b9-5+/t15-,17-,18-,20+/m1/s1. The molecule has 0 spiro atoms. The number of fused-ring (bicyclic) bond motifs is 2. The van der Waals surface area contributed by atoms with Crippen LogP contribution in [0.25, 0.3) is 0 Å². The first-order valence-electron chi connectivity index (χ1n) is 9.04. The van der Waals surface area contributed by atoms with E-state index in [0.717, 1.165) is 12.8 Å². The van der Waals surface area contributed by atoms with Crippen LogP contribution in [0.3, 0.4) is 0 Å². The average Bonchev–Trinajstić information content (AvgIpc) is 2.89. The van der Waals surface area contributed by atoms with Crippen LogP contribution >= 0.6 is 0 Å². The molecule has 3 rings (SSSR count). The topological polar surface area (TPSA) is 72.5 Å². The maximum Gasteiger partial charge on any atom is 0.330 e. The molecular formula is C20H27NO4S. The van der Waals surface area contributed by atoms with Crippen molar-refractivity contribution in [3.63, 3.8) is 0 Å². The molecule has 0 aliphatic heterocycles. The van der Waals surface area contributed by atoms with Gasteiger partial charge in [0, 0.05) is 11.5 Å². The van der Waals surface area contributed by atoms with Crippen LogP contribution in [0.2, 0.25) is 0 Å². The van der Waals surface area contributed by atoms with E-state index in [1.807, 2.05) is 0 Å². The van der Waals surface area contributed by atoms with Crippen molar-refractivity contribution < 1.29 is 17.9 Å². The van der Waals surface area contributed by atoms with Crippen molar-refractivity contribution in [1.29, 1.82) is 0 Å². The van der Waals surface area contributed by atoms with Gasteiger partial charge in [-0.05, 0) is 43.2 Å². The summed E-state index contributed by atoms with van der Waals surface area (Å²) in [7, 11) is -3.68. The van der Waals surface area contributed by atoms with Gasteiger partial charge in [0.15, 0.2) is 0 Å². The van der Waals surface area contributed by atoms with E-state index < -0.39 is 28.1 Å². The summed E-state index contributed by atoms with van der Waals surface area (Å²) in [6, 6.07) is 7.89. The Bertz CT molecular complexity index is 815. The van der Waals surface area contributed by atoms with Gasteiger partial charge in [0.1, 0.15) is 6.10 Å². The summed E-state index contributed by atoms with van der Waals surface area (Å²) in [5.41, 5.74) is -0.392. The van der Waals surface area contributed by atoms with Gasteiger partial charge in [0.2, 0.25) is 10.0 Å². The molecule has 2 bridgehead atoms. The third kappa shape index (κ3) is 2.89. The molecule has 0 radical (unpaired) electrons. The van der Waals surface area contributed by atoms with Crippen LogP contribution in [0.4, 0.5) is 0 Å². The van der Waals surface area contributed by atoms with Crippen LogP contribution in [0.1, 0.15) is 40.5 Å². The van der Waals surface area contributed by atoms with Crippen molar-refractivity contribution in [2.45, 2.75) is 57.6 Å². The van der Waals surface area contributed by atoms with Crippen LogP contribution in [-0.4, -0.2) is 26.5 Å². The van der Waals surface area contributed by atoms with Gasteiger partial charge in [-0.15, -0.1) is 0 Å². The van der Waals surface area contributed by atoms with Crippen LogP contribution in [0.5, 0.6) is 0 Å². The molecule has 0 heterocycles. The van der Waals surface area contributed by atoms with Gasteiger partial charge >= 0.3 is 5.97 Å². The van der Waals surface area contributed by atoms with E-state index >= 15 is 0 Å². The van der Waals surface area contributed by atoms with Gasteiger partial charge < -0.3 is 4.74 Å². The second kappa shape index (κ2) is 6.50. The number of allylic oxidation sites excluding steroid dienone is 1. The van der Waals surface area contributed by atoms with Crippen molar-refractivity contribution >= 4 is 16.0 Å². The van der Waals surface area contributed by atoms with Crippen LogP contribution in [0, 0.1) is 16.7 Å². The quantitative estimate of drug-likeness (QED) is 0.631. The van der Waals surface area contributed by atoms with E-state index in [0.29, 0.717) is 0 Å². The Morgan fingerprint density at radius 1 is 1.23 bits per heavy atom. The third-order valence-corrected chi connectivity index (χ3v) is 8.13. The molecule has 2 fully saturated rings. The van der Waals surface area contributed by atoms with Crippen LogP contribution < -0.4 is 4.72 Å². The molecule has 2 aliphatic rings. The minimum Gasteiger partial charge on any atom is -0.457 e. The Kier molecular flexibility index (Phi) is 4.78. The van der Waals surface area contributed by atoms with Gasteiger partial charge in [0.25, 0.3) is 0 Å². The number of sulfonamides is 1. The Hall–Kier alpha value is -1.66. The highest BCUT2D eigenvalue weighted by Gasteiger charge is 2.68. The van der Waals surface area contributed by atoms with Crippen LogP contribution in [-0.2, 0) is 19.6 Å². The van der Waals surface area contributed by atoms with Crippen molar-refractivity contribution in [3.05, 3.63) is 42.5 Å². The minimum absolute atomic E-state index is 0.120. The van der Waals surface area contributed by atoms with E-state index in [4.69, 9.17) is 4.74 Å². The predicted octanol–water partition coefficient (Wildman–Crippen LogP) is 3.28. The molecule has 142 valence electrons. The second-order valence-corrected chi connectivity index (χ2v) is 9.82. The molecule has 6 heteroatoms. The summed E-state index contributed by atoms with van der Waals surface area (Å²) >= 11 is 0. The first-order valence-corrected chi connectivity index (χ1v) is 10.5. The number of hydrogen-bond acceptors (Lipinski definition) is 4. The van der Waals surface area contributed by atoms with Crippen molar-refractivity contribution in [2.24, 2.45) is 16.7 Å². The average molecular weight is 378 g/mol. The Balaban J connectivity index is 1.95. The largest absolute Gasteiger partial charge is 0.457 e. The zero-order valence-electron chi connectivity index (χ0n) is 15.7. The smallest absolute Gasteiger partial charge is 0.330 e. The summed E-state index contributed by atoms with van der Waals surface area (Å²) in [5.74, 6) is -0.305. The van der Waals surface area contributed by atoms with E-state index in [1.165, 1.54) is 6.08 Å². The highest BCUT2D eigenvalue weighted by molar-refractivity contribution is 7.89. The molecule has 0 saturated heterocycles. The summed E-state index contributed by atoms with van der Waals surface area (Å²) < 4.78 is 34.4. The van der Waals surface area contributed by atoms with Crippen molar-refractivity contribution in [3.8, 4) is 0 Å². The number of carbonyl (C=O) groups excluding carboxylic acids is 1. The number of nitrogens with one attached hydrogen (secondary N) is 1. The van der Waals surface area contributed by atoms with E-state index in [2.05, 4.69) is 25.5 Å². The molecule has 4 atom stereocenters. The lowest BCUT2D eigenvalue weighted by Gasteiger charge is -2.39. The first kappa shape index (κ1) is 19.1. The fraction of sp³-hybridized carbons (Fsp3) is 0.550. The molecule has 2 saturated carbocycles. The van der Waals surface area contributed by atoms with E-state index in [-0.39, 0.29) is 21.6 Å². The van der Waals surface area contributed by atoms with E-state index in [9.17, 15) is 13.2 Å². The van der Waals surface area contributed by atoms with E-state index in [1.54, 1.807) is 43.3 Å². The highest BCUT2D eigenvalue weighted by Crippen LogP contribution is 2.66. The lowest BCUT2D eigenvalue weighted by atomic mass is 9.70. The number of rotatable bonds is 5. The number of ether oxygens (including phenoxy) is 1. The maximum absolute atomic E-state index is 12.9. The summed E-state index contributed by atoms with van der Waals surface area (Å²) in [6.45, 7) is 8.16. The van der Waals surface area contributed by atoms with Gasteiger partial charge in [-0.1, -0.05) is 45.0 Å². The lowest BCUT2D eigenvalue weighted by Crippen LogP contribution is -2.51. The number of benzene rings is 1. The number of esters is 1. The normalized spacial score (nSPS) is 32.8. The van der Waals surface area contributed by atoms with Gasteiger partial charge in [-0.3, -0.25) is 0 Å². The molecule has 0 amide bonds. The highest BCUT2D eigenvalue weighted by atomic mass is 32.2. The van der Waals surface area contributed by atoms with Crippen molar-refractivity contribution in [2.75, 3.05) is 0 Å². The number of hydrogen-bond donors (Lipinski definition) is 1. The van der Waals surface area contributed by atoms with Crippen molar-refractivity contribution in [1.82, 2.24) is 4.72 Å². The molecular weight excluding hydrogens is 350 g/mol. The first-order chi connectivity index (χ1) is 12.1. The zero-order valence-corrected chi connectivity index (χ0v) is 16.5. The Morgan fingerprint density at radius 2 is 1.88 bits per heavy atom. The van der Waals surface area contributed by atoms with Gasteiger partial charge in [-0.25, -0.2) is 17.9 Å². The molecule has 1 aromatic rings. The summed E-state index contributed by atoms with van der Waals surface area (Å²) in [6.07, 6.45) is 4.36.